The predicted octanol–water partition coefficient (Wildman–Crippen LogP) is 0.471. The molecule has 1 rings (SSSR count). The van der Waals surface area contributed by atoms with Crippen molar-refractivity contribution in [2.75, 3.05) is 19.7 Å². The fourth-order valence-corrected chi connectivity index (χ4v) is 3.07. The zero-order chi connectivity index (χ0) is 12.9. The van der Waals surface area contributed by atoms with Crippen LogP contribution in [0.25, 0.3) is 0 Å². The minimum atomic E-state index is -3.20. The molecule has 5 nitrogen and oxygen atoms in total. The fraction of sp³-hybridized carbons (Fsp3) is 1.00. The Morgan fingerprint density at radius 2 is 2.00 bits per heavy atom. The number of sulfonamides is 1. The zero-order valence-corrected chi connectivity index (χ0v) is 11.7. The molecule has 2 N–H and O–H groups in total. The maximum Gasteiger partial charge on any atom is 0.215 e. The van der Waals surface area contributed by atoms with Gasteiger partial charge in [0.05, 0.1) is 11.4 Å². The maximum atomic E-state index is 11.9. The van der Waals surface area contributed by atoms with Gasteiger partial charge < -0.3 is 10.1 Å². The molecule has 0 aromatic carbocycles. The average molecular weight is 264 g/mol. The van der Waals surface area contributed by atoms with E-state index in [1.165, 1.54) is 0 Å². The van der Waals surface area contributed by atoms with E-state index in [2.05, 4.69) is 10.0 Å². The van der Waals surface area contributed by atoms with Crippen molar-refractivity contribution in [1.29, 1.82) is 0 Å². The molecule has 1 atom stereocenters. The van der Waals surface area contributed by atoms with Crippen molar-refractivity contribution >= 4 is 10.0 Å². The summed E-state index contributed by atoms with van der Waals surface area (Å²) in [5.74, 6) is 0. The molecule has 0 bridgehead atoms. The Kier molecular flexibility index (Phi) is 5.85. The summed E-state index contributed by atoms with van der Waals surface area (Å²) in [4.78, 5) is 0. The quantitative estimate of drug-likeness (QED) is 0.669. The molecular formula is C11H24N2O3S. The molecule has 0 aromatic rings. The number of nitrogens with one attached hydrogen (secondary N) is 2. The molecule has 1 unspecified atom stereocenters. The van der Waals surface area contributed by atoms with Crippen molar-refractivity contribution in [2.45, 2.75) is 51.0 Å². The van der Waals surface area contributed by atoms with Gasteiger partial charge in [0.15, 0.2) is 0 Å². The van der Waals surface area contributed by atoms with Gasteiger partial charge in [-0.25, -0.2) is 13.1 Å². The average Bonchev–Trinajstić information content (AvgIpc) is 2.22. The van der Waals surface area contributed by atoms with E-state index < -0.39 is 15.3 Å². The number of hydrogen-bond acceptors (Lipinski definition) is 4. The van der Waals surface area contributed by atoms with Crippen LogP contribution in [0.2, 0.25) is 0 Å². The molecule has 0 amide bonds. The molecule has 0 aliphatic heterocycles. The molecule has 1 saturated carbocycles. The van der Waals surface area contributed by atoms with Crippen LogP contribution in [0.1, 0.15) is 33.6 Å². The van der Waals surface area contributed by atoms with Gasteiger partial charge in [0, 0.05) is 19.2 Å². The summed E-state index contributed by atoms with van der Waals surface area (Å²) in [7, 11) is -3.20. The Balaban J connectivity index is 2.31. The van der Waals surface area contributed by atoms with E-state index >= 15 is 0 Å². The Morgan fingerprint density at radius 1 is 1.35 bits per heavy atom. The standard InChI is InChI=1S/C11H24N2O3S/c1-4-12-8-9(3)17(14,15)13-10-6-11(7-10)16-5-2/h9-13H,4-8H2,1-3H3. The summed E-state index contributed by atoms with van der Waals surface area (Å²) in [6.45, 7) is 7.62. The Bertz CT molecular complexity index is 313. The van der Waals surface area contributed by atoms with Gasteiger partial charge in [-0.05, 0) is 33.2 Å². The largest absolute Gasteiger partial charge is 0.378 e. The summed E-state index contributed by atoms with van der Waals surface area (Å²) in [5, 5.41) is 2.65. The highest BCUT2D eigenvalue weighted by molar-refractivity contribution is 7.90. The molecule has 17 heavy (non-hydrogen) atoms. The first-order valence-electron chi connectivity index (χ1n) is 6.33. The van der Waals surface area contributed by atoms with Crippen LogP contribution in [-0.4, -0.2) is 45.5 Å². The van der Waals surface area contributed by atoms with Crippen molar-refractivity contribution in [3.05, 3.63) is 0 Å². The van der Waals surface area contributed by atoms with Gasteiger partial charge in [-0.15, -0.1) is 0 Å². The zero-order valence-electron chi connectivity index (χ0n) is 10.9. The highest BCUT2D eigenvalue weighted by Gasteiger charge is 2.34. The monoisotopic (exact) mass is 264 g/mol. The van der Waals surface area contributed by atoms with Crippen LogP contribution < -0.4 is 10.0 Å². The van der Waals surface area contributed by atoms with E-state index in [-0.39, 0.29) is 12.1 Å². The first-order chi connectivity index (χ1) is 7.99. The second-order valence-corrected chi connectivity index (χ2v) is 6.66. The van der Waals surface area contributed by atoms with Gasteiger partial charge >= 0.3 is 0 Å². The minimum Gasteiger partial charge on any atom is -0.378 e. The van der Waals surface area contributed by atoms with Crippen LogP contribution in [0.4, 0.5) is 0 Å². The van der Waals surface area contributed by atoms with Crippen LogP contribution >= 0.6 is 0 Å². The topological polar surface area (TPSA) is 67.4 Å². The van der Waals surface area contributed by atoms with E-state index in [0.717, 1.165) is 19.4 Å². The first kappa shape index (κ1) is 14.9. The molecule has 1 aliphatic carbocycles. The predicted molar refractivity (Wildman–Crippen MR) is 68.5 cm³/mol. The second kappa shape index (κ2) is 6.68. The normalized spacial score (nSPS) is 26.5. The summed E-state index contributed by atoms with van der Waals surface area (Å²) < 4.78 is 32.0. The third-order valence-corrected chi connectivity index (χ3v) is 4.93. The molecule has 1 aliphatic rings. The van der Waals surface area contributed by atoms with E-state index in [0.29, 0.717) is 13.2 Å². The number of hydrogen-bond donors (Lipinski definition) is 2. The Morgan fingerprint density at radius 3 is 2.53 bits per heavy atom. The van der Waals surface area contributed by atoms with Crippen molar-refractivity contribution in [2.24, 2.45) is 0 Å². The van der Waals surface area contributed by atoms with Crippen LogP contribution in [0.5, 0.6) is 0 Å². The van der Waals surface area contributed by atoms with E-state index in [1.54, 1.807) is 6.92 Å². The van der Waals surface area contributed by atoms with E-state index in [9.17, 15) is 8.42 Å². The Hall–Kier alpha value is -0.170. The summed E-state index contributed by atoms with van der Waals surface area (Å²) in [6, 6.07) is 0.0561. The molecule has 1 fully saturated rings. The molecule has 0 saturated heterocycles. The highest BCUT2D eigenvalue weighted by atomic mass is 32.2. The van der Waals surface area contributed by atoms with Crippen molar-refractivity contribution < 1.29 is 13.2 Å². The molecular weight excluding hydrogens is 240 g/mol. The lowest BCUT2D eigenvalue weighted by Crippen LogP contribution is -2.51. The maximum absolute atomic E-state index is 11.9. The van der Waals surface area contributed by atoms with Crippen LogP contribution in [0.3, 0.4) is 0 Å². The van der Waals surface area contributed by atoms with E-state index in [4.69, 9.17) is 4.74 Å². The smallest absolute Gasteiger partial charge is 0.215 e. The molecule has 0 spiro atoms. The molecule has 102 valence electrons. The van der Waals surface area contributed by atoms with E-state index in [1.807, 2.05) is 13.8 Å². The number of rotatable bonds is 8. The lowest BCUT2D eigenvalue weighted by atomic mass is 9.90. The van der Waals surface area contributed by atoms with Gasteiger partial charge in [-0.1, -0.05) is 6.92 Å². The molecule has 0 radical (unpaired) electrons. The Labute approximate surface area is 104 Å². The van der Waals surface area contributed by atoms with Crippen LogP contribution in [0.15, 0.2) is 0 Å². The molecule has 0 heterocycles. The van der Waals surface area contributed by atoms with Gasteiger partial charge in [-0.3, -0.25) is 0 Å². The summed E-state index contributed by atoms with van der Waals surface area (Å²) in [5.41, 5.74) is 0. The lowest BCUT2D eigenvalue weighted by Gasteiger charge is -2.35. The third-order valence-electron chi connectivity index (χ3n) is 3.04. The van der Waals surface area contributed by atoms with Gasteiger partial charge in [0.1, 0.15) is 0 Å². The first-order valence-corrected chi connectivity index (χ1v) is 7.87. The lowest BCUT2D eigenvalue weighted by molar-refractivity contribution is -0.00480. The second-order valence-electron chi connectivity index (χ2n) is 4.53. The highest BCUT2D eigenvalue weighted by Crippen LogP contribution is 2.24. The molecule has 6 heteroatoms. The summed E-state index contributed by atoms with van der Waals surface area (Å²) in [6.07, 6.45) is 1.82. The SMILES string of the molecule is CCNCC(C)S(=O)(=O)NC1CC(OCC)C1. The van der Waals surface area contributed by atoms with Crippen molar-refractivity contribution in [1.82, 2.24) is 10.0 Å². The summed E-state index contributed by atoms with van der Waals surface area (Å²) >= 11 is 0. The minimum absolute atomic E-state index is 0.0561. The van der Waals surface area contributed by atoms with Crippen LogP contribution in [0, 0.1) is 0 Å². The van der Waals surface area contributed by atoms with Crippen molar-refractivity contribution in [3.63, 3.8) is 0 Å². The number of ether oxygens (including phenoxy) is 1. The molecule has 0 aromatic heterocycles. The van der Waals surface area contributed by atoms with Gasteiger partial charge in [0.25, 0.3) is 0 Å². The van der Waals surface area contributed by atoms with Crippen LogP contribution in [-0.2, 0) is 14.8 Å². The fourth-order valence-electron chi connectivity index (χ4n) is 1.84. The van der Waals surface area contributed by atoms with Crippen molar-refractivity contribution in [3.8, 4) is 0 Å². The van der Waals surface area contributed by atoms with Gasteiger partial charge in [0.2, 0.25) is 10.0 Å². The van der Waals surface area contributed by atoms with Gasteiger partial charge in [-0.2, -0.15) is 0 Å². The third kappa shape index (κ3) is 4.54.